The van der Waals surface area contributed by atoms with Crippen LogP contribution in [0.4, 0.5) is 0 Å². The summed E-state index contributed by atoms with van der Waals surface area (Å²) >= 11 is 0. The zero-order valence-corrected chi connectivity index (χ0v) is 10.4. The van der Waals surface area contributed by atoms with Gasteiger partial charge >= 0.3 is 0 Å². The van der Waals surface area contributed by atoms with Crippen LogP contribution in [0.1, 0.15) is 47.0 Å². The second kappa shape index (κ2) is 4.12. The molecule has 15 heavy (non-hydrogen) atoms. The van der Waals surface area contributed by atoms with Crippen molar-refractivity contribution in [3.05, 3.63) is 0 Å². The second-order valence-electron chi connectivity index (χ2n) is 5.46. The molecule has 0 aromatic heterocycles. The topological polar surface area (TPSA) is 55.1 Å². The largest absolute Gasteiger partial charge is 0.354 e. The van der Waals surface area contributed by atoms with Gasteiger partial charge in [0.05, 0.1) is 5.54 Å². The Kier molecular flexibility index (Phi) is 3.44. The zero-order valence-electron chi connectivity index (χ0n) is 10.4. The summed E-state index contributed by atoms with van der Waals surface area (Å²) in [6.45, 7) is 9.18. The van der Waals surface area contributed by atoms with E-state index in [9.17, 15) is 4.79 Å². The Bertz CT molecular complexity index is 244. The average Bonchev–Trinajstić information content (AvgIpc) is 2.81. The first-order valence-electron chi connectivity index (χ1n) is 5.93. The van der Waals surface area contributed by atoms with E-state index >= 15 is 0 Å². The van der Waals surface area contributed by atoms with Crippen LogP contribution in [-0.4, -0.2) is 18.0 Å². The van der Waals surface area contributed by atoms with Gasteiger partial charge < -0.3 is 11.1 Å². The predicted molar refractivity (Wildman–Crippen MR) is 62.4 cm³/mol. The highest BCUT2D eigenvalue weighted by molar-refractivity contribution is 5.85. The van der Waals surface area contributed by atoms with Crippen molar-refractivity contribution in [3.63, 3.8) is 0 Å². The molecule has 1 unspecified atom stereocenters. The summed E-state index contributed by atoms with van der Waals surface area (Å²) in [7, 11) is 0. The Hall–Kier alpha value is -0.570. The summed E-state index contributed by atoms with van der Waals surface area (Å²) in [5, 5.41) is 2.98. The third-order valence-electron chi connectivity index (χ3n) is 3.94. The van der Waals surface area contributed by atoms with Crippen LogP contribution in [0.25, 0.3) is 0 Å². The van der Waals surface area contributed by atoms with Crippen LogP contribution in [-0.2, 0) is 4.79 Å². The van der Waals surface area contributed by atoms with Gasteiger partial charge in [0, 0.05) is 6.54 Å². The molecular weight excluding hydrogens is 188 g/mol. The number of hydrogen-bond acceptors (Lipinski definition) is 2. The summed E-state index contributed by atoms with van der Waals surface area (Å²) in [4.78, 5) is 11.8. The van der Waals surface area contributed by atoms with Crippen molar-refractivity contribution in [2.24, 2.45) is 17.1 Å². The Labute approximate surface area is 92.8 Å². The molecular formula is C12H24N2O. The second-order valence-corrected chi connectivity index (χ2v) is 5.46. The minimum Gasteiger partial charge on any atom is -0.354 e. The number of amides is 1. The van der Waals surface area contributed by atoms with Gasteiger partial charge in [-0.2, -0.15) is 0 Å². The Morgan fingerprint density at radius 2 is 1.93 bits per heavy atom. The number of nitrogens with two attached hydrogens (primary N) is 1. The third-order valence-corrected chi connectivity index (χ3v) is 3.94. The molecule has 1 fully saturated rings. The maximum atomic E-state index is 11.8. The lowest BCUT2D eigenvalue weighted by Crippen LogP contribution is -2.53. The maximum absolute atomic E-state index is 11.8. The smallest absolute Gasteiger partial charge is 0.240 e. The molecule has 0 aliphatic heterocycles. The van der Waals surface area contributed by atoms with Gasteiger partial charge in [0.25, 0.3) is 0 Å². The van der Waals surface area contributed by atoms with E-state index in [1.54, 1.807) is 0 Å². The lowest BCUT2D eigenvalue weighted by Gasteiger charge is -2.25. The van der Waals surface area contributed by atoms with Gasteiger partial charge in [0.15, 0.2) is 0 Å². The summed E-state index contributed by atoms with van der Waals surface area (Å²) in [5.41, 5.74) is 5.75. The molecule has 0 bridgehead atoms. The van der Waals surface area contributed by atoms with Crippen LogP contribution in [0.15, 0.2) is 0 Å². The van der Waals surface area contributed by atoms with E-state index in [2.05, 4.69) is 19.2 Å². The highest BCUT2D eigenvalue weighted by Gasteiger charge is 2.45. The molecule has 1 atom stereocenters. The van der Waals surface area contributed by atoms with E-state index < -0.39 is 5.54 Å². The fourth-order valence-electron chi connectivity index (χ4n) is 1.89. The van der Waals surface area contributed by atoms with E-state index in [0.717, 1.165) is 6.54 Å². The lowest BCUT2D eigenvalue weighted by molar-refractivity contribution is -0.126. The molecule has 1 rings (SSSR count). The molecule has 0 aromatic carbocycles. The molecule has 1 amide bonds. The average molecular weight is 212 g/mol. The van der Waals surface area contributed by atoms with Crippen LogP contribution >= 0.6 is 0 Å². The van der Waals surface area contributed by atoms with Crippen molar-refractivity contribution in [2.75, 3.05) is 6.54 Å². The minimum atomic E-state index is -0.668. The van der Waals surface area contributed by atoms with Crippen LogP contribution in [0.3, 0.4) is 0 Å². The maximum Gasteiger partial charge on any atom is 0.240 e. The van der Waals surface area contributed by atoms with Gasteiger partial charge in [0.2, 0.25) is 5.91 Å². The van der Waals surface area contributed by atoms with E-state index in [1.807, 2.05) is 13.8 Å². The summed E-state index contributed by atoms with van der Waals surface area (Å²) in [6, 6.07) is 0. The molecule has 0 aromatic rings. The SMILES string of the molecule is CCC(N)(CC)C(=O)NCC1CC1(C)C. The summed E-state index contributed by atoms with van der Waals surface area (Å²) in [5.74, 6) is 0.648. The highest BCUT2D eigenvalue weighted by atomic mass is 16.2. The monoisotopic (exact) mass is 212 g/mol. The van der Waals surface area contributed by atoms with Gasteiger partial charge in [-0.25, -0.2) is 0 Å². The van der Waals surface area contributed by atoms with Gasteiger partial charge in [-0.05, 0) is 30.6 Å². The molecule has 3 nitrogen and oxygen atoms in total. The molecule has 3 N–H and O–H groups in total. The number of rotatable bonds is 5. The predicted octanol–water partition coefficient (Wildman–Crippen LogP) is 1.67. The first kappa shape index (κ1) is 12.5. The Morgan fingerprint density at radius 3 is 2.27 bits per heavy atom. The van der Waals surface area contributed by atoms with Crippen molar-refractivity contribution >= 4 is 5.91 Å². The molecule has 1 aliphatic carbocycles. The lowest BCUT2D eigenvalue weighted by atomic mass is 9.93. The first-order chi connectivity index (χ1) is 6.85. The van der Waals surface area contributed by atoms with Gasteiger partial charge in [-0.3, -0.25) is 4.79 Å². The van der Waals surface area contributed by atoms with Gasteiger partial charge in [-0.1, -0.05) is 27.7 Å². The number of carbonyl (C=O) groups excluding carboxylic acids is 1. The molecule has 88 valence electrons. The van der Waals surface area contributed by atoms with E-state index in [0.29, 0.717) is 24.2 Å². The van der Waals surface area contributed by atoms with Crippen LogP contribution in [0, 0.1) is 11.3 Å². The zero-order chi connectivity index (χ0) is 11.7. The molecule has 1 saturated carbocycles. The van der Waals surface area contributed by atoms with Crippen molar-refractivity contribution in [2.45, 2.75) is 52.5 Å². The van der Waals surface area contributed by atoms with E-state index in [1.165, 1.54) is 6.42 Å². The van der Waals surface area contributed by atoms with Crippen molar-refractivity contribution in [1.82, 2.24) is 5.32 Å². The molecule has 0 spiro atoms. The van der Waals surface area contributed by atoms with Gasteiger partial charge in [0.1, 0.15) is 0 Å². The minimum absolute atomic E-state index is 0.00944. The number of carbonyl (C=O) groups is 1. The number of nitrogens with one attached hydrogen (secondary N) is 1. The first-order valence-corrected chi connectivity index (χ1v) is 5.93. The molecule has 0 radical (unpaired) electrons. The van der Waals surface area contributed by atoms with Crippen LogP contribution in [0.5, 0.6) is 0 Å². The highest BCUT2D eigenvalue weighted by Crippen LogP contribution is 2.50. The van der Waals surface area contributed by atoms with Crippen molar-refractivity contribution in [3.8, 4) is 0 Å². The fourth-order valence-corrected chi connectivity index (χ4v) is 1.89. The van der Waals surface area contributed by atoms with Crippen LogP contribution in [0.2, 0.25) is 0 Å². The normalized spacial score (nSPS) is 23.7. The van der Waals surface area contributed by atoms with E-state index in [4.69, 9.17) is 5.73 Å². The molecule has 0 heterocycles. The Balaban J connectivity index is 2.36. The fraction of sp³-hybridized carbons (Fsp3) is 0.917. The van der Waals surface area contributed by atoms with Gasteiger partial charge in [-0.15, -0.1) is 0 Å². The quantitative estimate of drug-likeness (QED) is 0.728. The molecule has 0 saturated heterocycles. The molecule has 1 aliphatic rings. The van der Waals surface area contributed by atoms with Crippen molar-refractivity contribution < 1.29 is 4.79 Å². The summed E-state index contributed by atoms with van der Waals surface area (Å²) < 4.78 is 0. The van der Waals surface area contributed by atoms with Crippen LogP contribution < -0.4 is 11.1 Å². The molecule has 3 heteroatoms. The Morgan fingerprint density at radius 1 is 1.47 bits per heavy atom. The number of hydrogen-bond donors (Lipinski definition) is 2. The summed E-state index contributed by atoms with van der Waals surface area (Å²) in [6.07, 6.45) is 2.61. The third kappa shape index (κ3) is 2.71. The van der Waals surface area contributed by atoms with Crippen molar-refractivity contribution in [1.29, 1.82) is 0 Å². The standard InChI is InChI=1S/C12H24N2O/c1-5-12(13,6-2)10(15)14-8-9-7-11(9,3)4/h9H,5-8,13H2,1-4H3,(H,14,15). The van der Waals surface area contributed by atoms with E-state index in [-0.39, 0.29) is 5.91 Å².